The first-order chi connectivity index (χ1) is 9.98. The molecule has 2 aliphatic heterocycles. The fourth-order valence-corrected chi connectivity index (χ4v) is 3.60. The summed E-state index contributed by atoms with van der Waals surface area (Å²) < 4.78 is 11.0. The number of nitrogens with zero attached hydrogens (tertiary/aromatic N) is 1. The largest absolute Gasteiger partial charge is 0.468 e. The predicted octanol–water partition coefficient (Wildman–Crippen LogP) is 2.22. The van der Waals surface area contributed by atoms with E-state index >= 15 is 0 Å². The van der Waals surface area contributed by atoms with Crippen LogP contribution in [0, 0.1) is 0 Å². The molecule has 1 aromatic carbocycles. The third kappa shape index (κ3) is 2.14. The maximum atomic E-state index is 11.7. The van der Waals surface area contributed by atoms with Gasteiger partial charge in [-0.25, -0.2) is 4.79 Å². The Morgan fingerprint density at radius 1 is 1.62 bits per heavy atom. The van der Waals surface area contributed by atoms with Gasteiger partial charge >= 0.3 is 5.97 Å². The highest BCUT2D eigenvalue weighted by Crippen LogP contribution is 2.44. The third-order valence-corrected chi connectivity index (χ3v) is 4.49. The summed E-state index contributed by atoms with van der Waals surface area (Å²) in [7, 11) is 1.38. The van der Waals surface area contributed by atoms with Gasteiger partial charge in [0.05, 0.1) is 18.7 Å². The molecule has 2 atom stereocenters. The monoisotopic (exact) mass is 306 g/mol. The lowest BCUT2D eigenvalue weighted by Crippen LogP contribution is -2.64. The lowest BCUT2D eigenvalue weighted by molar-refractivity contribution is -0.0658. The van der Waals surface area contributed by atoms with Crippen molar-refractivity contribution in [1.29, 1.82) is 0 Å². The van der Waals surface area contributed by atoms with Gasteiger partial charge in [-0.15, -0.1) is 0 Å². The zero-order valence-corrected chi connectivity index (χ0v) is 13.1. The molecule has 1 aromatic rings. The number of rotatable bonds is 2. The van der Waals surface area contributed by atoms with Crippen LogP contribution in [-0.4, -0.2) is 35.4 Å². The molecular weight excluding hydrogens is 288 g/mol. The predicted molar refractivity (Wildman–Crippen MR) is 82.3 cm³/mol. The molecule has 0 aliphatic carbocycles. The standard InChI is InChI=1S/C15H18N2O3S/c1-4-17-14(21)16-11-8-15(17,2)20-12-6-5-9(7-10(11)12)13(18)19-3/h5-7,11H,4,8H2,1-3H3,(H,16,21)/t11-,15-/m0/s1. The van der Waals surface area contributed by atoms with Crippen LogP contribution < -0.4 is 10.1 Å². The van der Waals surface area contributed by atoms with E-state index in [0.717, 1.165) is 24.3 Å². The minimum absolute atomic E-state index is 0.0543. The van der Waals surface area contributed by atoms with Crippen molar-refractivity contribution in [3.8, 4) is 5.75 Å². The molecule has 6 heteroatoms. The van der Waals surface area contributed by atoms with Crippen LogP contribution in [0.25, 0.3) is 0 Å². The van der Waals surface area contributed by atoms with E-state index in [2.05, 4.69) is 17.1 Å². The van der Waals surface area contributed by atoms with Gasteiger partial charge in [0, 0.05) is 18.5 Å². The Morgan fingerprint density at radius 2 is 2.38 bits per heavy atom. The molecule has 0 spiro atoms. The molecule has 2 bridgehead atoms. The summed E-state index contributed by atoms with van der Waals surface area (Å²) in [6, 6.07) is 5.43. The SMILES string of the molecule is CCN1C(=S)N[C@H]2C[C@]1(C)Oc1ccc(C(=O)OC)cc12. The van der Waals surface area contributed by atoms with Crippen molar-refractivity contribution in [2.45, 2.75) is 32.0 Å². The number of benzene rings is 1. The van der Waals surface area contributed by atoms with Gasteiger partial charge in [0.2, 0.25) is 0 Å². The number of carbonyl (C=O) groups is 1. The highest BCUT2D eigenvalue weighted by atomic mass is 32.1. The second-order valence-electron chi connectivity index (χ2n) is 5.47. The average Bonchev–Trinajstić information content (AvgIpc) is 2.45. The number of fused-ring (bicyclic) bond motifs is 4. The van der Waals surface area contributed by atoms with Crippen LogP contribution in [0.5, 0.6) is 5.75 Å². The third-order valence-electron chi connectivity index (χ3n) is 4.15. The van der Waals surface area contributed by atoms with E-state index < -0.39 is 5.72 Å². The molecule has 2 aliphatic rings. The molecule has 0 aromatic heterocycles. The molecule has 5 nitrogen and oxygen atoms in total. The first-order valence-corrected chi connectivity index (χ1v) is 7.38. The smallest absolute Gasteiger partial charge is 0.337 e. The molecule has 2 heterocycles. The van der Waals surface area contributed by atoms with Crippen LogP contribution in [-0.2, 0) is 4.74 Å². The molecule has 1 fully saturated rings. The Bertz CT molecular complexity index is 619. The van der Waals surface area contributed by atoms with Crippen molar-refractivity contribution in [2.24, 2.45) is 0 Å². The lowest BCUT2D eigenvalue weighted by atomic mass is 9.89. The second kappa shape index (κ2) is 4.87. The summed E-state index contributed by atoms with van der Waals surface area (Å²) in [5.74, 6) is 0.439. The Labute approximate surface area is 129 Å². The Morgan fingerprint density at radius 3 is 3.05 bits per heavy atom. The maximum absolute atomic E-state index is 11.7. The Balaban J connectivity index is 2.03. The van der Waals surface area contributed by atoms with Gasteiger partial charge in [-0.1, -0.05) is 0 Å². The number of carbonyl (C=O) groups excluding carboxylic acids is 1. The quantitative estimate of drug-likeness (QED) is 0.668. The van der Waals surface area contributed by atoms with Crippen molar-refractivity contribution >= 4 is 23.3 Å². The zero-order chi connectivity index (χ0) is 15.2. The zero-order valence-electron chi connectivity index (χ0n) is 12.3. The molecule has 1 saturated heterocycles. The fourth-order valence-electron chi connectivity index (χ4n) is 3.14. The van der Waals surface area contributed by atoms with Crippen molar-refractivity contribution in [3.05, 3.63) is 29.3 Å². The van der Waals surface area contributed by atoms with Gasteiger partial charge < -0.3 is 19.7 Å². The summed E-state index contributed by atoms with van der Waals surface area (Å²) in [5, 5.41) is 4.03. The normalized spacial score (nSPS) is 26.5. The van der Waals surface area contributed by atoms with Crippen LogP contribution in [0.2, 0.25) is 0 Å². The average molecular weight is 306 g/mol. The second-order valence-corrected chi connectivity index (χ2v) is 5.86. The van der Waals surface area contributed by atoms with Gasteiger partial charge in [0.15, 0.2) is 10.8 Å². The Hall–Kier alpha value is -1.82. The van der Waals surface area contributed by atoms with E-state index in [1.54, 1.807) is 6.07 Å². The highest BCUT2D eigenvalue weighted by molar-refractivity contribution is 7.80. The van der Waals surface area contributed by atoms with Gasteiger partial charge in [-0.2, -0.15) is 0 Å². The number of esters is 1. The van der Waals surface area contributed by atoms with Gasteiger partial charge in [0.25, 0.3) is 0 Å². The van der Waals surface area contributed by atoms with Crippen molar-refractivity contribution in [3.63, 3.8) is 0 Å². The van der Waals surface area contributed by atoms with Crippen molar-refractivity contribution < 1.29 is 14.3 Å². The molecule has 0 radical (unpaired) electrons. The number of methoxy groups -OCH3 is 1. The first kappa shape index (κ1) is 14.1. The van der Waals surface area contributed by atoms with Crippen LogP contribution in [0.1, 0.15) is 42.2 Å². The van der Waals surface area contributed by atoms with Crippen molar-refractivity contribution in [1.82, 2.24) is 10.2 Å². The Kier molecular flexibility index (Phi) is 3.28. The summed E-state index contributed by atoms with van der Waals surface area (Å²) in [6.45, 7) is 4.89. The van der Waals surface area contributed by atoms with Crippen LogP contribution in [0.4, 0.5) is 0 Å². The van der Waals surface area contributed by atoms with Crippen LogP contribution >= 0.6 is 12.2 Å². The number of thiocarbonyl (C=S) groups is 1. The summed E-state index contributed by atoms with van der Waals surface area (Å²) in [6.07, 6.45) is 0.776. The number of hydrogen-bond donors (Lipinski definition) is 1. The molecule has 3 rings (SSSR count). The molecule has 1 N–H and O–H groups in total. The van der Waals surface area contributed by atoms with E-state index in [9.17, 15) is 4.79 Å². The number of ether oxygens (including phenoxy) is 2. The van der Waals surface area contributed by atoms with E-state index in [4.69, 9.17) is 21.7 Å². The molecule has 21 heavy (non-hydrogen) atoms. The van der Waals surface area contributed by atoms with E-state index in [-0.39, 0.29) is 12.0 Å². The molecule has 112 valence electrons. The van der Waals surface area contributed by atoms with Crippen LogP contribution in [0.3, 0.4) is 0 Å². The van der Waals surface area contributed by atoms with E-state index in [0.29, 0.717) is 10.7 Å². The molecule has 0 amide bonds. The lowest BCUT2D eigenvalue weighted by Gasteiger charge is -2.52. The number of hydrogen-bond acceptors (Lipinski definition) is 4. The highest BCUT2D eigenvalue weighted by Gasteiger charge is 2.46. The van der Waals surface area contributed by atoms with Gasteiger partial charge in [-0.05, 0) is 44.3 Å². The summed E-state index contributed by atoms with van der Waals surface area (Å²) in [4.78, 5) is 13.7. The summed E-state index contributed by atoms with van der Waals surface area (Å²) in [5.41, 5.74) is 1.03. The summed E-state index contributed by atoms with van der Waals surface area (Å²) >= 11 is 5.43. The van der Waals surface area contributed by atoms with Crippen LogP contribution in [0.15, 0.2) is 18.2 Å². The number of nitrogens with one attached hydrogen (secondary N) is 1. The molecule has 0 unspecified atom stereocenters. The minimum atomic E-state index is -0.443. The minimum Gasteiger partial charge on any atom is -0.468 e. The van der Waals surface area contributed by atoms with E-state index in [1.165, 1.54) is 7.11 Å². The van der Waals surface area contributed by atoms with Crippen molar-refractivity contribution in [2.75, 3.05) is 13.7 Å². The van der Waals surface area contributed by atoms with Gasteiger partial charge in [-0.3, -0.25) is 0 Å². The molecule has 0 saturated carbocycles. The first-order valence-electron chi connectivity index (χ1n) is 6.98. The fraction of sp³-hybridized carbons (Fsp3) is 0.467. The van der Waals surface area contributed by atoms with E-state index in [1.807, 2.05) is 19.1 Å². The van der Waals surface area contributed by atoms with Gasteiger partial charge in [0.1, 0.15) is 5.75 Å². The topological polar surface area (TPSA) is 50.8 Å². The maximum Gasteiger partial charge on any atom is 0.337 e. The molecular formula is C15H18N2O3S.